The van der Waals surface area contributed by atoms with Crippen molar-refractivity contribution in [3.8, 4) is 5.75 Å². The zero-order valence-corrected chi connectivity index (χ0v) is 18.5. The van der Waals surface area contributed by atoms with E-state index in [2.05, 4.69) is 80.5 Å². The van der Waals surface area contributed by atoms with Crippen molar-refractivity contribution in [1.29, 1.82) is 0 Å². The zero-order valence-electron chi connectivity index (χ0n) is 15.4. The molecule has 0 amide bonds. The van der Waals surface area contributed by atoms with Crippen LogP contribution in [0.4, 0.5) is 0 Å². The average molecular weight is 500 g/mol. The molecule has 28 heavy (non-hydrogen) atoms. The van der Waals surface area contributed by atoms with E-state index < -0.39 is 0 Å². The summed E-state index contributed by atoms with van der Waals surface area (Å²) >= 11 is 7.02. The van der Waals surface area contributed by atoms with Crippen molar-refractivity contribution in [2.75, 3.05) is 0 Å². The van der Waals surface area contributed by atoms with Crippen molar-refractivity contribution in [3.05, 3.63) is 97.9 Å². The summed E-state index contributed by atoms with van der Waals surface area (Å²) < 4.78 is 1.98. The Balaban J connectivity index is 1.76. The van der Waals surface area contributed by atoms with Crippen LogP contribution in [-0.2, 0) is 0 Å². The maximum absolute atomic E-state index is 10.5. The molecule has 0 aromatic heterocycles. The first-order chi connectivity index (χ1) is 13.5. The fraction of sp³-hybridized carbons (Fsp3) is 0.174. The van der Waals surface area contributed by atoms with Crippen LogP contribution in [0.5, 0.6) is 5.75 Å². The molecule has 1 aliphatic heterocycles. The highest BCUT2D eigenvalue weighted by atomic mass is 79.9. The van der Waals surface area contributed by atoms with Gasteiger partial charge in [0.1, 0.15) is 11.9 Å². The average Bonchev–Trinajstić information content (AvgIpc) is 2.70. The summed E-state index contributed by atoms with van der Waals surface area (Å²) in [7, 11) is 0. The molecule has 0 aliphatic carbocycles. The molecule has 3 aromatic rings. The van der Waals surface area contributed by atoms with Crippen molar-refractivity contribution < 1.29 is 5.11 Å². The SMILES string of the molecule is Cc1ccc(C2=N[C@@H](c3ccc(Br)cc3)N[C@@H](c3cc(Br)ccc3O)C2)cc1. The topological polar surface area (TPSA) is 44.6 Å². The third kappa shape index (κ3) is 4.22. The lowest BCUT2D eigenvalue weighted by molar-refractivity contribution is 0.412. The van der Waals surface area contributed by atoms with E-state index in [1.54, 1.807) is 6.07 Å². The predicted molar refractivity (Wildman–Crippen MR) is 121 cm³/mol. The van der Waals surface area contributed by atoms with Crippen LogP contribution in [-0.4, -0.2) is 10.8 Å². The third-order valence-corrected chi connectivity index (χ3v) is 6.00. The summed E-state index contributed by atoms with van der Waals surface area (Å²) in [5.74, 6) is 0.292. The van der Waals surface area contributed by atoms with Gasteiger partial charge in [0.2, 0.25) is 0 Å². The summed E-state index contributed by atoms with van der Waals surface area (Å²) in [6.07, 6.45) is 0.529. The molecule has 142 valence electrons. The van der Waals surface area contributed by atoms with E-state index in [1.807, 2.05) is 24.3 Å². The van der Waals surface area contributed by atoms with Crippen LogP contribution in [0.2, 0.25) is 0 Å². The lowest BCUT2D eigenvalue weighted by Gasteiger charge is -2.31. The lowest BCUT2D eigenvalue weighted by Crippen LogP contribution is -2.33. The van der Waals surface area contributed by atoms with E-state index in [0.29, 0.717) is 12.2 Å². The number of nitrogens with one attached hydrogen (secondary N) is 1. The number of nitrogens with zero attached hydrogens (tertiary/aromatic N) is 1. The monoisotopic (exact) mass is 498 g/mol. The number of hydrogen-bond donors (Lipinski definition) is 2. The Hall–Kier alpha value is -1.95. The van der Waals surface area contributed by atoms with E-state index in [9.17, 15) is 5.11 Å². The first-order valence-corrected chi connectivity index (χ1v) is 10.7. The van der Waals surface area contributed by atoms with Crippen LogP contribution in [0.1, 0.15) is 40.9 Å². The Bertz CT molecular complexity index is 1010. The van der Waals surface area contributed by atoms with Gasteiger partial charge in [-0.15, -0.1) is 0 Å². The van der Waals surface area contributed by atoms with Gasteiger partial charge in [0, 0.05) is 32.7 Å². The molecule has 1 aliphatic rings. The highest BCUT2D eigenvalue weighted by Gasteiger charge is 2.27. The van der Waals surface area contributed by atoms with Gasteiger partial charge in [-0.2, -0.15) is 0 Å². The molecule has 3 aromatic carbocycles. The van der Waals surface area contributed by atoms with Crippen LogP contribution in [0, 0.1) is 6.92 Å². The molecule has 1 heterocycles. The van der Waals surface area contributed by atoms with Gasteiger partial charge in [0.15, 0.2) is 0 Å². The van der Waals surface area contributed by atoms with Crippen LogP contribution in [0.25, 0.3) is 0 Å². The smallest absolute Gasteiger partial charge is 0.126 e. The van der Waals surface area contributed by atoms with Crippen molar-refractivity contribution in [3.63, 3.8) is 0 Å². The van der Waals surface area contributed by atoms with E-state index in [-0.39, 0.29) is 12.2 Å². The minimum atomic E-state index is -0.179. The highest BCUT2D eigenvalue weighted by Crippen LogP contribution is 2.36. The standard InChI is InChI=1S/C23H20Br2N2O/c1-14-2-4-15(5-3-14)20-13-21(19-12-18(25)10-11-22(19)28)27-23(26-20)16-6-8-17(24)9-7-16/h2-12,21,23,27-28H,13H2,1H3/t21-,23-/m1/s1. The second-order valence-electron chi connectivity index (χ2n) is 7.02. The van der Waals surface area contributed by atoms with E-state index in [0.717, 1.165) is 31.3 Å². The lowest BCUT2D eigenvalue weighted by atomic mass is 9.93. The molecule has 2 N–H and O–H groups in total. The maximum Gasteiger partial charge on any atom is 0.126 e. The quantitative estimate of drug-likeness (QED) is 0.435. The first-order valence-electron chi connectivity index (χ1n) is 9.13. The number of aryl methyl sites for hydroxylation is 1. The highest BCUT2D eigenvalue weighted by molar-refractivity contribution is 9.10. The van der Waals surface area contributed by atoms with Gasteiger partial charge in [0.25, 0.3) is 0 Å². The minimum absolute atomic E-state index is 0.0417. The van der Waals surface area contributed by atoms with Gasteiger partial charge in [-0.05, 0) is 48.4 Å². The van der Waals surface area contributed by atoms with Crippen LogP contribution in [0.3, 0.4) is 0 Å². The molecule has 0 spiro atoms. The molecule has 3 nitrogen and oxygen atoms in total. The van der Waals surface area contributed by atoms with Crippen molar-refractivity contribution in [2.24, 2.45) is 4.99 Å². The second-order valence-corrected chi connectivity index (χ2v) is 8.85. The second kappa shape index (κ2) is 8.19. The molecule has 0 saturated heterocycles. The summed E-state index contributed by atoms with van der Waals surface area (Å²) in [5, 5.41) is 14.1. The van der Waals surface area contributed by atoms with E-state index in [4.69, 9.17) is 4.99 Å². The number of aromatic hydroxyl groups is 1. The maximum atomic E-state index is 10.5. The van der Waals surface area contributed by atoms with Gasteiger partial charge in [-0.1, -0.05) is 73.8 Å². The fourth-order valence-corrected chi connectivity index (χ4v) is 4.09. The predicted octanol–water partition coefficient (Wildman–Crippen LogP) is 6.45. The molecule has 0 radical (unpaired) electrons. The van der Waals surface area contributed by atoms with Gasteiger partial charge in [-0.25, -0.2) is 0 Å². The Morgan fingerprint density at radius 2 is 1.61 bits per heavy atom. The van der Waals surface area contributed by atoms with E-state index in [1.165, 1.54) is 5.56 Å². The number of rotatable bonds is 3. The van der Waals surface area contributed by atoms with Crippen molar-refractivity contribution >= 4 is 37.6 Å². The molecule has 4 rings (SSSR count). The van der Waals surface area contributed by atoms with Gasteiger partial charge < -0.3 is 5.11 Å². The fourth-order valence-electron chi connectivity index (χ4n) is 3.45. The summed E-state index contributed by atoms with van der Waals surface area (Å²) in [4.78, 5) is 5.01. The number of aliphatic imine (C=N–C) groups is 1. The molecule has 2 atom stereocenters. The molecular weight excluding hydrogens is 480 g/mol. The zero-order chi connectivity index (χ0) is 19.7. The van der Waals surface area contributed by atoms with Gasteiger partial charge >= 0.3 is 0 Å². The number of halogens is 2. The Morgan fingerprint density at radius 3 is 2.32 bits per heavy atom. The summed E-state index contributed by atoms with van der Waals surface area (Å²) in [6.45, 7) is 2.08. The molecule has 0 saturated carbocycles. The first kappa shape index (κ1) is 19.4. The number of benzene rings is 3. The van der Waals surface area contributed by atoms with E-state index >= 15 is 0 Å². The largest absolute Gasteiger partial charge is 0.508 e. The molecule has 5 heteroatoms. The van der Waals surface area contributed by atoms with Crippen LogP contribution >= 0.6 is 31.9 Å². The molecular formula is C23H20Br2N2O. The minimum Gasteiger partial charge on any atom is -0.508 e. The van der Waals surface area contributed by atoms with Gasteiger partial charge in [0.05, 0.1) is 0 Å². The third-order valence-electron chi connectivity index (χ3n) is 4.98. The summed E-state index contributed by atoms with van der Waals surface area (Å²) in [6, 6.07) is 22.2. The Labute approximate surface area is 181 Å². The van der Waals surface area contributed by atoms with Crippen molar-refractivity contribution in [2.45, 2.75) is 25.6 Å². The van der Waals surface area contributed by atoms with Gasteiger partial charge in [-0.3, -0.25) is 10.3 Å². The number of hydrogen-bond acceptors (Lipinski definition) is 3. The molecule has 0 fully saturated rings. The molecule has 0 unspecified atom stereocenters. The Kier molecular flexibility index (Phi) is 5.67. The van der Waals surface area contributed by atoms with Crippen molar-refractivity contribution in [1.82, 2.24) is 5.32 Å². The number of phenolic OH excluding ortho intramolecular Hbond substituents is 1. The van der Waals surface area contributed by atoms with Crippen LogP contribution < -0.4 is 5.32 Å². The normalized spacial score (nSPS) is 19.3. The molecule has 0 bridgehead atoms. The van der Waals surface area contributed by atoms with Crippen LogP contribution in [0.15, 0.2) is 80.7 Å². The summed E-state index contributed by atoms with van der Waals surface area (Å²) in [5.41, 5.74) is 5.34. The Morgan fingerprint density at radius 1 is 0.929 bits per heavy atom. The number of phenols is 1.